The molecule has 0 N–H and O–H groups in total. The van der Waals surface area contributed by atoms with Crippen molar-refractivity contribution < 1.29 is 18.0 Å². The Morgan fingerprint density at radius 1 is 1.12 bits per heavy atom. The van der Waals surface area contributed by atoms with Gasteiger partial charge >= 0.3 is 6.18 Å². The van der Waals surface area contributed by atoms with Crippen LogP contribution in [-0.4, -0.2) is 60.4 Å². The first kappa shape index (κ1) is 19.1. The smallest absolute Gasteiger partial charge is 0.340 e. The predicted octanol–water partition coefficient (Wildman–Crippen LogP) is 3.49. The van der Waals surface area contributed by atoms with E-state index < -0.39 is 18.5 Å². The van der Waals surface area contributed by atoms with Crippen molar-refractivity contribution in [1.29, 1.82) is 0 Å². The van der Waals surface area contributed by atoms with E-state index in [1.165, 1.54) is 20.9 Å². The summed E-state index contributed by atoms with van der Waals surface area (Å²) in [6.45, 7) is 7.08. The summed E-state index contributed by atoms with van der Waals surface area (Å²) in [6.07, 6.45) is -5.77. The van der Waals surface area contributed by atoms with E-state index >= 15 is 0 Å². The van der Waals surface area contributed by atoms with Crippen LogP contribution in [0.3, 0.4) is 0 Å². The van der Waals surface area contributed by atoms with Gasteiger partial charge in [-0.05, 0) is 37.1 Å². The van der Waals surface area contributed by atoms with Crippen LogP contribution in [0.25, 0.3) is 0 Å². The van der Waals surface area contributed by atoms with Crippen molar-refractivity contribution in [2.75, 3.05) is 38.5 Å². The number of piperazine rings is 1. The molecule has 1 aromatic rings. The van der Waals surface area contributed by atoms with Crippen molar-refractivity contribution in [2.24, 2.45) is 0 Å². The summed E-state index contributed by atoms with van der Waals surface area (Å²) in [5.41, 5.74) is 2.55. The van der Waals surface area contributed by atoms with Crippen LogP contribution in [0, 0.1) is 13.8 Å². The fourth-order valence-electron chi connectivity index (χ4n) is 2.60. The predicted molar refractivity (Wildman–Crippen MR) is 90.3 cm³/mol. The third-order valence-corrected chi connectivity index (χ3v) is 5.21. The zero-order chi connectivity index (χ0) is 17.7. The highest BCUT2D eigenvalue weighted by Crippen LogP contribution is 2.22. The van der Waals surface area contributed by atoms with Crippen LogP contribution in [0.1, 0.15) is 17.5 Å². The van der Waals surface area contributed by atoms with Crippen LogP contribution in [0.2, 0.25) is 0 Å². The van der Waals surface area contributed by atoms with Gasteiger partial charge in [0.1, 0.15) is 6.42 Å². The van der Waals surface area contributed by atoms with Crippen LogP contribution in [0.15, 0.2) is 23.1 Å². The molecule has 0 radical (unpaired) electrons. The third kappa shape index (κ3) is 6.02. The molecule has 134 valence electrons. The van der Waals surface area contributed by atoms with E-state index in [1.54, 1.807) is 11.8 Å². The molecule has 0 saturated carbocycles. The Balaban J connectivity index is 1.69. The molecule has 0 aliphatic carbocycles. The maximum absolute atomic E-state index is 12.3. The van der Waals surface area contributed by atoms with Gasteiger partial charge in [0.05, 0.1) is 0 Å². The van der Waals surface area contributed by atoms with Crippen molar-refractivity contribution >= 4 is 17.7 Å². The number of halogens is 3. The summed E-state index contributed by atoms with van der Waals surface area (Å²) >= 11 is 1.78. The number of carbonyl (C=O) groups excluding carboxylic acids is 1. The molecule has 1 fully saturated rings. The number of carbonyl (C=O) groups is 1. The third-order valence-electron chi connectivity index (χ3n) is 4.23. The molecule has 24 heavy (non-hydrogen) atoms. The van der Waals surface area contributed by atoms with E-state index in [0.29, 0.717) is 26.2 Å². The molecule has 1 aliphatic heterocycles. The first-order valence-electron chi connectivity index (χ1n) is 8.01. The van der Waals surface area contributed by atoms with E-state index in [2.05, 4.69) is 36.9 Å². The van der Waals surface area contributed by atoms with Crippen LogP contribution in [0.5, 0.6) is 0 Å². The number of nitrogens with zero attached hydrogens (tertiary/aromatic N) is 2. The van der Waals surface area contributed by atoms with Crippen molar-refractivity contribution in [1.82, 2.24) is 9.80 Å². The number of amides is 1. The van der Waals surface area contributed by atoms with E-state index in [-0.39, 0.29) is 0 Å². The Kier molecular flexibility index (Phi) is 6.57. The van der Waals surface area contributed by atoms with Crippen molar-refractivity contribution in [3.63, 3.8) is 0 Å². The first-order valence-corrected chi connectivity index (χ1v) is 9.00. The Morgan fingerprint density at radius 2 is 1.79 bits per heavy atom. The highest BCUT2D eigenvalue weighted by atomic mass is 32.2. The highest BCUT2D eigenvalue weighted by molar-refractivity contribution is 7.99. The molecule has 1 heterocycles. The SMILES string of the molecule is Cc1ccc(SCCN2CCN(C(=O)CC(F)(F)F)CC2)cc1C. The number of rotatable bonds is 5. The second kappa shape index (κ2) is 8.25. The fraction of sp³-hybridized carbons (Fsp3) is 0.588. The van der Waals surface area contributed by atoms with Crippen molar-refractivity contribution in [3.8, 4) is 0 Å². The average molecular weight is 360 g/mol. The first-order chi connectivity index (χ1) is 11.2. The lowest BCUT2D eigenvalue weighted by Crippen LogP contribution is -2.49. The van der Waals surface area contributed by atoms with Gasteiger partial charge in [-0.25, -0.2) is 0 Å². The molecule has 1 aliphatic rings. The number of aryl methyl sites for hydroxylation is 2. The lowest BCUT2D eigenvalue weighted by molar-refractivity contribution is -0.162. The quantitative estimate of drug-likeness (QED) is 0.751. The van der Waals surface area contributed by atoms with Gasteiger partial charge in [0.2, 0.25) is 5.91 Å². The van der Waals surface area contributed by atoms with Crippen LogP contribution >= 0.6 is 11.8 Å². The molecule has 2 rings (SSSR count). The molecular formula is C17H23F3N2OS. The molecule has 1 amide bonds. The normalized spacial score (nSPS) is 16.5. The minimum absolute atomic E-state index is 0.378. The standard InChI is InChI=1S/C17H23F3N2OS/c1-13-3-4-15(11-14(13)2)24-10-9-21-5-7-22(8-6-21)16(23)12-17(18,19)20/h3-4,11H,5-10,12H2,1-2H3. The summed E-state index contributed by atoms with van der Waals surface area (Å²) in [7, 11) is 0. The lowest BCUT2D eigenvalue weighted by Gasteiger charge is -2.34. The number of hydrogen-bond acceptors (Lipinski definition) is 3. The Hall–Kier alpha value is -1.21. The van der Waals surface area contributed by atoms with Gasteiger partial charge in [0, 0.05) is 43.4 Å². The van der Waals surface area contributed by atoms with Gasteiger partial charge in [-0.3, -0.25) is 9.69 Å². The Bertz CT molecular complexity index is 569. The average Bonchev–Trinajstić information content (AvgIpc) is 2.50. The van der Waals surface area contributed by atoms with Crippen LogP contribution in [-0.2, 0) is 4.79 Å². The van der Waals surface area contributed by atoms with Crippen LogP contribution in [0.4, 0.5) is 13.2 Å². The minimum atomic E-state index is -4.42. The maximum Gasteiger partial charge on any atom is 0.397 e. The molecule has 0 atom stereocenters. The molecule has 1 saturated heterocycles. The van der Waals surface area contributed by atoms with Crippen LogP contribution < -0.4 is 0 Å². The zero-order valence-corrected chi connectivity index (χ0v) is 14.8. The van der Waals surface area contributed by atoms with Gasteiger partial charge < -0.3 is 4.90 Å². The number of alkyl halides is 3. The van der Waals surface area contributed by atoms with Crippen molar-refractivity contribution in [2.45, 2.75) is 31.3 Å². The second-order valence-corrected chi connectivity index (χ2v) is 7.28. The second-order valence-electron chi connectivity index (χ2n) is 6.11. The van der Waals surface area contributed by atoms with E-state index in [4.69, 9.17) is 0 Å². The molecule has 0 aromatic heterocycles. The highest BCUT2D eigenvalue weighted by Gasteiger charge is 2.34. The van der Waals surface area contributed by atoms with E-state index in [0.717, 1.165) is 12.3 Å². The minimum Gasteiger partial charge on any atom is -0.340 e. The van der Waals surface area contributed by atoms with Gasteiger partial charge in [0.25, 0.3) is 0 Å². The lowest BCUT2D eigenvalue weighted by atomic mass is 10.1. The maximum atomic E-state index is 12.3. The largest absolute Gasteiger partial charge is 0.397 e. The molecule has 0 spiro atoms. The van der Waals surface area contributed by atoms with Gasteiger partial charge in [-0.15, -0.1) is 11.8 Å². The monoisotopic (exact) mass is 360 g/mol. The molecule has 0 bridgehead atoms. The summed E-state index contributed by atoms with van der Waals surface area (Å²) in [6, 6.07) is 6.40. The molecular weight excluding hydrogens is 337 g/mol. The fourth-order valence-corrected chi connectivity index (χ4v) is 3.61. The molecule has 1 aromatic carbocycles. The summed E-state index contributed by atoms with van der Waals surface area (Å²) in [5, 5.41) is 0. The number of hydrogen-bond donors (Lipinski definition) is 0. The molecule has 7 heteroatoms. The Morgan fingerprint density at radius 3 is 2.38 bits per heavy atom. The van der Waals surface area contributed by atoms with E-state index in [9.17, 15) is 18.0 Å². The molecule has 0 unspecified atom stereocenters. The van der Waals surface area contributed by atoms with Gasteiger partial charge in [-0.2, -0.15) is 13.2 Å². The summed E-state index contributed by atoms with van der Waals surface area (Å²) < 4.78 is 36.8. The summed E-state index contributed by atoms with van der Waals surface area (Å²) in [5.74, 6) is 0.116. The van der Waals surface area contributed by atoms with Gasteiger partial charge in [0.15, 0.2) is 0 Å². The van der Waals surface area contributed by atoms with Crippen molar-refractivity contribution in [3.05, 3.63) is 29.3 Å². The topological polar surface area (TPSA) is 23.6 Å². The van der Waals surface area contributed by atoms with Gasteiger partial charge in [-0.1, -0.05) is 6.07 Å². The Labute approximate surface area is 145 Å². The number of thioether (sulfide) groups is 1. The van der Waals surface area contributed by atoms with E-state index in [1.807, 2.05) is 0 Å². The zero-order valence-electron chi connectivity index (χ0n) is 14.0. The summed E-state index contributed by atoms with van der Waals surface area (Å²) in [4.78, 5) is 16.3. The molecule has 3 nitrogen and oxygen atoms in total. The number of benzene rings is 1.